The van der Waals surface area contributed by atoms with Crippen molar-refractivity contribution in [1.82, 2.24) is 10.6 Å². The summed E-state index contributed by atoms with van der Waals surface area (Å²) in [6.45, 7) is 6.53. The number of amides is 1. The zero-order chi connectivity index (χ0) is 15.0. The summed E-state index contributed by atoms with van der Waals surface area (Å²) in [6.07, 6.45) is 2.45. The number of carbonyl (C=O) groups is 1. The van der Waals surface area contributed by atoms with Crippen molar-refractivity contribution in [3.63, 3.8) is 0 Å². The van der Waals surface area contributed by atoms with Crippen molar-refractivity contribution in [2.24, 2.45) is 0 Å². The van der Waals surface area contributed by atoms with Crippen molar-refractivity contribution < 1.29 is 9.18 Å². The topological polar surface area (TPSA) is 41.1 Å². The summed E-state index contributed by atoms with van der Waals surface area (Å²) < 4.78 is 13.4. The van der Waals surface area contributed by atoms with Crippen LogP contribution in [0.5, 0.6) is 0 Å². The van der Waals surface area contributed by atoms with Gasteiger partial charge in [-0.2, -0.15) is 0 Å². The molecule has 0 saturated carbocycles. The number of hydrogen-bond acceptors (Lipinski definition) is 2. The SMILES string of the molecule is CCC(CC)NC(=O)C(C)NCCc1ccccc1F. The van der Waals surface area contributed by atoms with Crippen LogP contribution >= 0.6 is 0 Å². The molecule has 3 nitrogen and oxygen atoms in total. The van der Waals surface area contributed by atoms with Gasteiger partial charge >= 0.3 is 0 Å². The summed E-state index contributed by atoms with van der Waals surface area (Å²) in [4.78, 5) is 11.9. The van der Waals surface area contributed by atoms with E-state index in [1.54, 1.807) is 12.1 Å². The third-order valence-corrected chi connectivity index (χ3v) is 3.53. The van der Waals surface area contributed by atoms with Crippen LogP contribution in [-0.2, 0) is 11.2 Å². The number of nitrogens with one attached hydrogen (secondary N) is 2. The van der Waals surface area contributed by atoms with E-state index in [1.807, 2.05) is 13.0 Å². The third kappa shape index (κ3) is 5.29. The monoisotopic (exact) mass is 280 g/mol. The van der Waals surface area contributed by atoms with Gasteiger partial charge in [0.2, 0.25) is 5.91 Å². The molecule has 0 spiro atoms. The van der Waals surface area contributed by atoms with Gasteiger partial charge in [-0.3, -0.25) is 4.79 Å². The van der Waals surface area contributed by atoms with Crippen LogP contribution in [-0.4, -0.2) is 24.5 Å². The number of carbonyl (C=O) groups excluding carboxylic acids is 1. The van der Waals surface area contributed by atoms with Crippen LogP contribution in [0.3, 0.4) is 0 Å². The van der Waals surface area contributed by atoms with Crippen molar-refractivity contribution in [2.45, 2.75) is 52.1 Å². The summed E-state index contributed by atoms with van der Waals surface area (Å²) in [5.41, 5.74) is 0.674. The van der Waals surface area contributed by atoms with Crippen LogP contribution in [0.2, 0.25) is 0 Å². The summed E-state index contributed by atoms with van der Waals surface area (Å²) in [5.74, 6) is -0.185. The summed E-state index contributed by atoms with van der Waals surface area (Å²) in [5, 5.41) is 6.13. The van der Waals surface area contributed by atoms with Gasteiger partial charge in [0, 0.05) is 12.6 Å². The second kappa shape index (κ2) is 8.69. The summed E-state index contributed by atoms with van der Waals surface area (Å²) in [7, 11) is 0. The lowest BCUT2D eigenvalue weighted by atomic mass is 10.1. The average molecular weight is 280 g/mol. The van der Waals surface area contributed by atoms with Crippen molar-refractivity contribution in [1.29, 1.82) is 0 Å². The lowest BCUT2D eigenvalue weighted by Crippen LogP contribution is -2.46. The maximum atomic E-state index is 13.4. The highest BCUT2D eigenvalue weighted by atomic mass is 19.1. The minimum absolute atomic E-state index is 0.00670. The molecule has 0 aliphatic rings. The van der Waals surface area contributed by atoms with Crippen LogP contribution in [0.4, 0.5) is 4.39 Å². The van der Waals surface area contributed by atoms with Crippen LogP contribution < -0.4 is 10.6 Å². The first-order valence-corrected chi connectivity index (χ1v) is 7.35. The predicted octanol–water partition coefficient (Wildman–Crippen LogP) is 2.65. The summed E-state index contributed by atoms with van der Waals surface area (Å²) >= 11 is 0. The average Bonchev–Trinajstić information content (AvgIpc) is 2.46. The van der Waals surface area contributed by atoms with Gasteiger partial charge in [0.15, 0.2) is 0 Å². The fraction of sp³-hybridized carbons (Fsp3) is 0.562. The molecule has 1 unspecified atom stereocenters. The molecule has 1 rings (SSSR count). The Labute approximate surface area is 121 Å². The molecule has 112 valence electrons. The van der Waals surface area contributed by atoms with Gasteiger partial charge in [-0.05, 0) is 37.8 Å². The second-order valence-corrected chi connectivity index (χ2v) is 5.04. The fourth-order valence-corrected chi connectivity index (χ4v) is 2.04. The lowest BCUT2D eigenvalue weighted by molar-refractivity contribution is -0.123. The Bertz CT molecular complexity index is 419. The molecule has 0 aliphatic carbocycles. The fourth-order valence-electron chi connectivity index (χ4n) is 2.04. The molecule has 20 heavy (non-hydrogen) atoms. The first-order chi connectivity index (χ1) is 9.58. The highest BCUT2D eigenvalue weighted by Gasteiger charge is 2.15. The molecule has 1 amide bonds. The predicted molar refractivity (Wildman–Crippen MR) is 80.1 cm³/mol. The molecule has 0 heterocycles. The smallest absolute Gasteiger partial charge is 0.237 e. The van der Waals surface area contributed by atoms with Crippen LogP contribution in [0.1, 0.15) is 39.2 Å². The molecule has 0 bridgehead atoms. The Hall–Kier alpha value is -1.42. The zero-order valence-corrected chi connectivity index (χ0v) is 12.6. The molecule has 1 aromatic rings. The normalized spacial score (nSPS) is 12.4. The van der Waals surface area contributed by atoms with Gasteiger partial charge in [-0.1, -0.05) is 32.0 Å². The Balaban J connectivity index is 2.34. The van der Waals surface area contributed by atoms with E-state index < -0.39 is 0 Å². The Morgan fingerprint density at radius 2 is 1.90 bits per heavy atom. The lowest BCUT2D eigenvalue weighted by Gasteiger charge is -2.19. The van der Waals surface area contributed by atoms with Crippen LogP contribution in [0.25, 0.3) is 0 Å². The molecule has 2 N–H and O–H groups in total. The summed E-state index contributed by atoms with van der Waals surface area (Å²) in [6, 6.07) is 6.70. The van der Waals surface area contributed by atoms with E-state index in [0.717, 1.165) is 12.8 Å². The highest BCUT2D eigenvalue weighted by molar-refractivity contribution is 5.81. The molecular formula is C16H25FN2O. The molecule has 0 saturated heterocycles. The minimum Gasteiger partial charge on any atom is -0.352 e. The highest BCUT2D eigenvalue weighted by Crippen LogP contribution is 2.06. The van der Waals surface area contributed by atoms with Gasteiger partial charge < -0.3 is 10.6 Å². The van der Waals surface area contributed by atoms with E-state index in [9.17, 15) is 9.18 Å². The standard InChI is InChI=1S/C16H25FN2O/c1-4-14(5-2)19-16(20)12(3)18-11-10-13-8-6-7-9-15(13)17/h6-9,12,14,18H,4-5,10-11H2,1-3H3,(H,19,20). The van der Waals surface area contributed by atoms with E-state index in [1.165, 1.54) is 6.07 Å². The second-order valence-electron chi connectivity index (χ2n) is 5.04. The van der Waals surface area contributed by atoms with E-state index in [2.05, 4.69) is 24.5 Å². The van der Waals surface area contributed by atoms with Crippen LogP contribution in [0.15, 0.2) is 24.3 Å². The van der Waals surface area contributed by atoms with Crippen molar-refractivity contribution in [2.75, 3.05) is 6.54 Å². The van der Waals surface area contributed by atoms with Gasteiger partial charge in [-0.15, -0.1) is 0 Å². The third-order valence-electron chi connectivity index (χ3n) is 3.53. The quantitative estimate of drug-likeness (QED) is 0.768. The number of benzene rings is 1. The molecule has 0 radical (unpaired) electrons. The van der Waals surface area contributed by atoms with Gasteiger partial charge in [0.25, 0.3) is 0 Å². The van der Waals surface area contributed by atoms with Crippen molar-refractivity contribution in [3.8, 4) is 0 Å². The molecule has 0 aliphatic heterocycles. The zero-order valence-electron chi connectivity index (χ0n) is 12.6. The van der Waals surface area contributed by atoms with Crippen molar-refractivity contribution in [3.05, 3.63) is 35.6 Å². The molecular weight excluding hydrogens is 255 g/mol. The van der Waals surface area contributed by atoms with Gasteiger partial charge in [0.05, 0.1) is 6.04 Å². The van der Waals surface area contributed by atoms with E-state index in [0.29, 0.717) is 18.5 Å². The van der Waals surface area contributed by atoms with E-state index in [4.69, 9.17) is 0 Å². The molecule has 4 heteroatoms. The Morgan fingerprint density at radius 1 is 1.25 bits per heavy atom. The first-order valence-electron chi connectivity index (χ1n) is 7.35. The molecule has 0 aromatic heterocycles. The molecule has 1 atom stereocenters. The molecule has 0 fully saturated rings. The Kier molecular flexibility index (Phi) is 7.23. The number of rotatable bonds is 8. The van der Waals surface area contributed by atoms with Crippen LogP contribution in [0, 0.1) is 5.82 Å². The number of halogens is 1. The van der Waals surface area contributed by atoms with Crippen molar-refractivity contribution >= 4 is 5.91 Å². The number of hydrogen-bond donors (Lipinski definition) is 2. The maximum Gasteiger partial charge on any atom is 0.237 e. The van der Waals surface area contributed by atoms with Gasteiger partial charge in [-0.25, -0.2) is 4.39 Å². The molecule has 1 aromatic carbocycles. The first kappa shape index (κ1) is 16.6. The van der Waals surface area contributed by atoms with E-state index in [-0.39, 0.29) is 23.8 Å². The Morgan fingerprint density at radius 3 is 2.50 bits per heavy atom. The maximum absolute atomic E-state index is 13.4. The largest absolute Gasteiger partial charge is 0.352 e. The minimum atomic E-state index is -0.262. The van der Waals surface area contributed by atoms with E-state index >= 15 is 0 Å². The van der Waals surface area contributed by atoms with Gasteiger partial charge in [0.1, 0.15) is 5.82 Å².